The zero-order valence-corrected chi connectivity index (χ0v) is 16.2. The summed E-state index contributed by atoms with van der Waals surface area (Å²) >= 11 is 0. The quantitative estimate of drug-likeness (QED) is 0.864. The number of anilines is 2. The van der Waals surface area contributed by atoms with E-state index in [2.05, 4.69) is 24.1 Å². The van der Waals surface area contributed by atoms with E-state index in [1.165, 1.54) is 12.8 Å². The van der Waals surface area contributed by atoms with Crippen molar-refractivity contribution in [3.05, 3.63) is 24.3 Å². The van der Waals surface area contributed by atoms with Crippen LogP contribution in [0.5, 0.6) is 0 Å². The highest BCUT2D eigenvalue weighted by Crippen LogP contribution is 2.33. The smallest absolute Gasteiger partial charge is 0.229 e. The Bertz CT molecular complexity index is 708. The number of hydrogen-bond donors (Lipinski definition) is 1. The maximum absolute atomic E-state index is 12.8. The molecule has 1 aromatic carbocycles. The molecule has 0 spiro atoms. The van der Waals surface area contributed by atoms with Gasteiger partial charge in [-0.1, -0.05) is 12.1 Å². The zero-order chi connectivity index (χ0) is 19.0. The minimum Gasteiger partial charge on any atom is -0.372 e. The lowest BCUT2D eigenvalue weighted by molar-refractivity contribution is -0.128. The molecule has 0 radical (unpaired) electrons. The van der Waals surface area contributed by atoms with Gasteiger partial charge in [-0.2, -0.15) is 0 Å². The molecule has 1 aliphatic carbocycles. The summed E-state index contributed by atoms with van der Waals surface area (Å²) < 4.78 is 5.83. The fourth-order valence-electron chi connectivity index (χ4n) is 4.20. The summed E-state index contributed by atoms with van der Waals surface area (Å²) in [5.41, 5.74) is 1.84. The summed E-state index contributed by atoms with van der Waals surface area (Å²) in [6.45, 7) is 7.12. The van der Waals surface area contributed by atoms with Gasteiger partial charge in [0.2, 0.25) is 11.8 Å². The lowest BCUT2D eigenvalue weighted by Crippen LogP contribution is -2.45. The Morgan fingerprint density at radius 3 is 2.56 bits per heavy atom. The Balaban J connectivity index is 1.43. The molecule has 1 saturated carbocycles. The molecular formula is C21H29N3O3. The molecule has 0 unspecified atom stereocenters. The minimum atomic E-state index is -0.258. The molecule has 2 amide bonds. The van der Waals surface area contributed by atoms with Crippen molar-refractivity contribution in [1.82, 2.24) is 4.90 Å². The van der Waals surface area contributed by atoms with Crippen LogP contribution >= 0.6 is 0 Å². The van der Waals surface area contributed by atoms with Gasteiger partial charge < -0.3 is 19.9 Å². The third kappa shape index (κ3) is 4.26. The number of carbonyl (C=O) groups is 2. The van der Waals surface area contributed by atoms with E-state index in [-0.39, 0.29) is 29.9 Å². The molecule has 3 atom stereocenters. The van der Waals surface area contributed by atoms with E-state index in [4.69, 9.17) is 4.74 Å². The van der Waals surface area contributed by atoms with E-state index in [1.807, 2.05) is 29.2 Å². The van der Waals surface area contributed by atoms with Gasteiger partial charge in [0.05, 0.1) is 29.5 Å². The predicted molar refractivity (Wildman–Crippen MR) is 105 cm³/mol. The van der Waals surface area contributed by atoms with Gasteiger partial charge in [0, 0.05) is 32.6 Å². The average molecular weight is 371 g/mol. The number of nitrogens with one attached hydrogen (secondary N) is 1. The standard InChI is InChI=1S/C21H29N3O3/c1-14-10-23(11-15(2)27-14)19-6-4-3-5-18(19)22-21(26)17-9-20(25)24(13-17)12-16-7-8-16/h3-6,14-17H,7-13H2,1-2H3,(H,22,26)/t14-,15+,17-/m1/s1. The van der Waals surface area contributed by atoms with Crippen LogP contribution in [0.15, 0.2) is 24.3 Å². The first-order chi connectivity index (χ1) is 13.0. The second kappa shape index (κ2) is 7.50. The van der Waals surface area contributed by atoms with Crippen molar-refractivity contribution in [2.24, 2.45) is 11.8 Å². The molecular weight excluding hydrogens is 342 g/mol. The summed E-state index contributed by atoms with van der Waals surface area (Å²) in [5.74, 6) is 0.461. The van der Waals surface area contributed by atoms with E-state index in [0.717, 1.165) is 31.0 Å². The van der Waals surface area contributed by atoms with E-state index < -0.39 is 0 Å². The molecule has 4 rings (SSSR count). The molecule has 0 aromatic heterocycles. The van der Waals surface area contributed by atoms with Crippen LogP contribution in [0.2, 0.25) is 0 Å². The molecule has 146 valence electrons. The Hall–Kier alpha value is -2.08. The molecule has 1 aromatic rings. The highest BCUT2D eigenvalue weighted by atomic mass is 16.5. The summed E-state index contributed by atoms with van der Waals surface area (Å²) in [5, 5.41) is 3.09. The van der Waals surface area contributed by atoms with E-state index in [9.17, 15) is 9.59 Å². The van der Waals surface area contributed by atoms with Crippen LogP contribution in [0.4, 0.5) is 11.4 Å². The van der Waals surface area contributed by atoms with E-state index >= 15 is 0 Å². The number of rotatable bonds is 5. The van der Waals surface area contributed by atoms with Gasteiger partial charge in [-0.05, 0) is 44.7 Å². The molecule has 2 heterocycles. The van der Waals surface area contributed by atoms with Gasteiger partial charge in [-0.25, -0.2) is 0 Å². The number of carbonyl (C=O) groups excluding carboxylic acids is 2. The van der Waals surface area contributed by atoms with Gasteiger partial charge in [-0.15, -0.1) is 0 Å². The summed E-state index contributed by atoms with van der Waals surface area (Å²) in [6.07, 6.45) is 3.06. The monoisotopic (exact) mass is 371 g/mol. The Morgan fingerprint density at radius 1 is 1.15 bits per heavy atom. The van der Waals surface area contributed by atoms with Crippen molar-refractivity contribution in [2.45, 2.75) is 45.3 Å². The second-order valence-electron chi connectivity index (χ2n) is 8.31. The average Bonchev–Trinajstić information content (AvgIpc) is 3.36. The molecule has 3 aliphatic rings. The van der Waals surface area contributed by atoms with Crippen LogP contribution in [0.25, 0.3) is 0 Å². The third-order valence-corrected chi connectivity index (χ3v) is 5.68. The van der Waals surface area contributed by atoms with Crippen LogP contribution < -0.4 is 10.2 Å². The Morgan fingerprint density at radius 2 is 1.85 bits per heavy atom. The number of morpholine rings is 1. The number of ether oxygens (including phenoxy) is 1. The first-order valence-electron chi connectivity index (χ1n) is 10.1. The van der Waals surface area contributed by atoms with Crippen LogP contribution in [-0.4, -0.2) is 55.1 Å². The Kier molecular flexibility index (Phi) is 5.08. The number of para-hydroxylation sites is 2. The molecule has 6 heteroatoms. The highest BCUT2D eigenvalue weighted by molar-refractivity contribution is 5.99. The number of likely N-dealkylation sites (tertiary alicyclic amines) is 1. The van der Waals surface area contributed by atoms with Gasteiger partial charge in [0.25, 0.3) is 0 Å². The van der Waals surface area contributed by atoms with Gasteiger partial charge in [0.15, 0.2) is 0 Å². The minimum absolute atomic E-state index is 0.0524. The van der Waals surface area contributed by atoms with E-state index in [0.29, 0.717) is 18.9 Å². The predicted octanol–water partition coefficient (Wildman–Crippen LogP) is 2.50. The van der Waals surface area contributed by atoms with Gasteiger partial charge >= 0.3 is 0 Å². The second-order valence-corrected chi connectivity index (χ2v) is 8.31. The van der Waals surface area contributed by atoms with Crippen molar-refractivity contribution >= 4 is 23.2 Å². The highest BCUT2D eigenvalue weighted by Gasteiger charge is 2.37. The number of hydrogen-bond acceptors (Lipinski definition) is 4. The van der Waals surface area contributed by atoms with Crippen molar-refractivity contribution < 1.29 is 14.3 Å². The van der Waals surface area contributed by atoms with E-state index in [1.54, 1.807) is 0 Å². The first kappa shape index (κ1) is 18.3. The van der Waals surface area contributed by atoms with Crippen molar-refractivity contribution in [3.8, 4) is 0 Å². The first-order valence-corrected chi connectivity index (χ1v) is 10.1. The maximum atomic E-state index is 12.8. The van der Waals surface area contributed by atoms with Crippen molar-refractivity contribution in [3.63, 3.8) is 0 Å². The molecule has 2 saturated heterocycles. The van der Waals surface area contributed by atoms with Crippen LogP contribution in [0, 0.1) is 11.8 Å². The zero-order valence-electron chi connectivity index (χ0n) is 16.2. The van der Waals surface area contributed by atoms with Gasteiger partial charge in [0.1, 0.15) is 0 Å². The van der Waals surface area contributed by atoms with Gasteiger partial charge in [-0.3, -0.25) is 9.59 Å². The fraction of sp³-hybridized carbons (Fsp3) is 0.619. The summed E-state index contributed by atoms with van der Waals surface area (Å²) in [6, 6.07) is 7.91. The lowest BCUT2D eigenvalue weighted by Gasteiger charge is -2.37. The molecule has 1 N–H and O–H groups in total. The van der Waals surface area contributed by atoms with Crippen LogP contribution in [-0.2, 0) is 14.3 Å². The Labute approximate surface area is 160 Å². The van der Waals surface area contributed by atoms with Crippen LogP contribution in [0.3, 0.4) is 0 Å². The maximum Gasteiger partial charge on any atom is 0.229 e. The number of benzene rings is 1. The molecule has 6 nitrogen and oxygen atoms in total. The fourth-order valence-corrected chi connectivity index (χ4v) is 4.20. The SMILES string of the molecule is C[C@@H]1CN(c2ccccc2NC(=O)[C@@H]2CC(=O)N(CC3CC3)C2)C[C@H](C)O1. The molecule has 0 bridgehead atoms. The molecule has 27 heavy (non-hydrogen) atoms. The molecule has 2 aliphatic heterocycles. The largest absolute Gasteiger partial charge is 0.372 e. The van der Waals surface area contributed by atoms with Crippen LogP contribution in [0.1, 0.15) is 33.1 Å². The van der Waals surface area contributed by atoms with Crippen molar-refractivity contribution in [2.75, 3.05) is 36.4 Å². The third-order valence-electron chi connectivity index (χ3n) is 5.68. The normalized spacial score (nSPS) is 28.5. The summed E-state index contributed by atoms with van der Waals surface area (Å²) in [7, 11) is 0. The lowest BCUT2D eigenvalue weighted by atomic mass is 10.1. The molecule has 3 fully saturated rings. The van der Waals surface area contributed by atoms with Crippen molar-refractivity contribution in [1.29, 1.82) is 0 Å². The summed E-state index contributed by atoms with van der Waals surface area (Å²) in [4.78, 5) is 29.2. The topological polar surface area (TPSA) is 61.9 Å². The number of amides is 2. The number of nitrogens with zero attached hydrogens (tertiary/aromatic N) is 2.